The number of amides is 2. The average molecular weight is 416 g/mol. The summed E-state index contributed by atoms with van der Waals surface area (Å²) in [5, 5.41) is 8.74. The molecule has 1 aliphatic heterocycles. The van der Waals surface area contributed by atoms with E-state index in [-0.39, 0.29) is 18.1 Å². The number of fused-ring (bicyclic) bond motifs is 1. The summed E-state index contributed by atoms with van der Waals surface area (Å²) in [7, 11) is 0. The van der Waals surface area contributed by atoms with Gasteiger partial charge < -0.3 is 5.32 Å². The van der Waals surface area contributed by atoms with Gasteiger partial charge in [0, 0.05) is 12.1 Å². The Bertz CT molecular complexity index is 913. The molecule has 0 spiro atoms. The second-order valence-corrected chi connectivity index (χ2v) is 6.76. The predicted molar refractivity (Wildman–Crippen MR) is 96.0 cm³/mol. The fourth-order valence-electron chi connectivity index (χ4n) is 2.80. The zero-order chi connectivity index (χ0) is 20.5. The highest BCUT2D eigenvalue weighted by Crippen LogP contribution is 2.36. The van der Waals surface area contributed by atoms with Crippen LogP contribution < -0.4 is 10.6 Å². The SMILES string of the molecule is CCCCc1nc2n(n1)C(C(=O)Nc1ccc(Cl)c(C(F)(F)F)c1)CC(=O)N2. The minimum absolute atomic E-state index is 0.0828. The van der Waals surface area contributed by atoms with E-state index in [9.17, 15) is 22.8 Å². The summed E-state index contributed by atoms with van der Waals surface area (Å²) < 4.78 is 40.3. The fourth-order valence-corrected chi connectivity index (χ4v) is 3.02. The normalized spacial score (nSPS) is 16.5. The van der Waals surface area contributed by atoms with E-state index in [2.05, 4.69) is 20.7 Å². The van der Waals surface area contributed by atoms with Gasteiger partial charge in [0.2, 0.25) is 17.8 Å². The molecule has 2 amide bonds. The van der Waals surface area contributed by atoms with Crippen molar-refractivity contribution in [2.24, 2.45) is 0 Å². The maximum absolute atomic E-state index is 13.0. The van der Waals surface area contributed by atoms with E-state index >= 15 is 0 Å². The highest BCUT2D eigenvalue weighted by atomic mass is 35.5. The lowest BCUT2D eigenvalue weighted by atomic mass is 10.1. The number of hydrogen-bond donors (Lipinski definition) is 2. The highest BCUT2D eigenvalue weighted by Gasteiger charge is 2.35. The molecule has 0 radical (unpaired) electrons. The quantitative estimate of drug-likeness (QED) is 0.777. The Hall–Kier alpha value is -2.62. The third kappa shape index (κ3) is 4.27. The molecule has 2 N–H and O–H groups in total. The largest absolute Gasteiger partial charge is 0.417 e. The van der Waals surface area contributed by atoms with Crippen LogP contribution in [0.25, 0.3) is 0 Å². The number of rotatable bonds is 5. The molecule has 150 valence electrons. The third-order valence-electron chi connectivity index (χ3n) is 4.20. The molecule has 0 aliphatic carbocycles. The Morgan fingerprint density at radius 3 is 2.86 bits per heavy atom. The second kappa shape index (κ2) is 7.78. The maximum atomic E-state index is 13.0. The molecule has 11 heteroatoms. The zero-order valence-corrected chi connectivity index (χ0v) is 15.6. The van der Waals surface area contributed by atoms with Crippen LogP contribution in [0.5, 0.6) is 0 Å². The number of halogens is 4. The average Bonchev–Trinajstić information content (AvgIpc) is 3.02. The maximum Gasteiger partial charge on any atom is 0.417 e. The van der Waals surface area contributed by atoms with Gasteiger partial charge in [0.05, 0.1) is 17.0 Å². The summed E-state index contributed by atoms with van der Waals surface area (Å²) >= 11 is 5.59. The molecule has 0 saturated carbocycles. The van der Waals surface area contributed by atoms with Crippen molar-refractivity contribution in [1.82, 2.24) is 14.8 Å². The minimum Gasteiger partial charge on any atom is -0.324 e. The standard InChI is InChI=1S/C17H17ClF3N5O2/c1-2-3-4-13-23-16-24-14(27)8-12(26(16)25-13)15(28)22-9-5-6-11(18)10(7-9)17(19,20)21/h5-7,12H,2-4,8H2,1H3,(H,22,28)(H,23,24,25,27). The van der Waals surface area contributed by atoms with Gasteiger partial charge in [-0.25, -0.2) is 4.68 Å². The summed E-state index contributed by atoms with van der Waals surface area (Å²) in [6, 6.07) is 2.04. The molecule has 1 atom stereocenters. The van der Waals surface area contributed by atoms with Gasteiger partial charge in [0.1, 0.15) is 6.04 Å². The predicted octanol–water partition coefficient (Wildman–Crippen LogP) is 3.81. The van der Waals surface area contributed by atoms with Gasteiger partial charge in [0.25, 0.3) is 0 Å². The molecule has 1 unspecified atom stereocenters. The number of benzene rings is 1. The lowest BCUT2D eigenvalue weighted by Crippen LogP contribution is -2.36. The van der Waals surface area contributed by atoms with Crippen LogP contribution in [0.1, 0.15) is 43.6 Å². The molecule has 28 heavy (non-hydrogen) atoms. The molecule has 0 fully saturated rings. The van der Waals surface area contributed by atoms with Crippen molar-refractivity contribution in [3.05, 3.63) is 34.6 Å². The number of alkyl halides is 3. The Labute approximate surface area is 163 Å². The van der Waals surface area contributed by atoms with Gasteiger partial charge in [-0.05, 0) is 24.6 Å². The van der Waals surface area contributed by atoms with Gasteiger partial charge in [-0.1, -0.05) is 24.9 Å². The number of hydrogen-bond acceptors (Lipinski definition) is 4. The van der Waals surface area contributed by atoms with E-state index in [1.807, 2.05) is 6.92 Å². The lowest BCUT2D eigenvalue weighted by molar-refractivity contribution is -0.137. The minimum atomic E-state index is -4.66. The Kier molecular flexibility index (Phi) is 5.59. The van der Waals surface area contributed by atoms with Crippen molar-refractivity contribution in [2.45, 2.75) is 44.8 Å². The van der Waals surface area contributed by atoms with Crippen molar-refractivity contribution < 1.29 is 22.8 Å². The number of carbonyl (C=O) groups is 2. The number of unbranched alkanes of at least 4 members (excludes halogenated alkanes) is 1. The van der Waals surface area contributed by atoms with E-state index in [1.165, 1.54) is 10.7 Å². The molecule has 0 saturated heterocycles. The van der Waals surface area contributed by atoms with Crippen molar-refractivity contribution in [3.63, 3.8) is 0 Å². The highest BCUT2D eigenvalue weighted by molar-refractivity contribution is 6.31. The molecular weight excluding hydrogens is 399 g/mol. The zero-order valence-electron chi connectivity index (χ0n) is 14.8. The van der Waals surface area contributed by atoms with Gasteiger partial charge in [-0.3, -0.25) is 14.9 Å². The van der Waals surface area contributed by atoms with Crippen LogP contribution in [0.15, 0.2) is 18.2 Å². The van der Waals surface area contributed by atoms with Crippen molar-refractivity contribution >= 4 is 35.1 Å². The molecule has 2 aromatic rings. The Morgan fingerprint density at radius 1 is 1.43 bits per heavy atom. The summed E-state index contributed by atoms with van der Waals surface area (Å²) in [5.41, 5.74) is -1.14. The summed E-state index contributed by atoms with van der Waals surface area (Å²) in [5.74, 6) is -0.454. The molecular formula is C17H17ClF3N5O2. The van der Waals surface area contributed by atoms with Gasteiger partial charge in [0.15, 0.2) is 5.82 Å². The van der Waals surface area contributed by atoms with Gasteiger partial charge in [-0.15, -0.1) is 0 Å². The first-order valence-electron chi connectivity index (χ1n) is 8.62. The second-order valence-electron chi connectivity index (χ2n) is 6.35. The number of aromatic nitrogens is 3. The monoisotopic (exact) mass is 415 g/mol. The third-order valence-corrected chi connectivity index (χ3v) is 4.53. The molecule has 7 nitrogen and oxygen atoms in total. The van der Waals surface area contributed by atoms with Gasteiger partial charge in [-0.2, -0.15) is 23.3 Å². The van der Waals surface area contributed by atoms with Crippen molar-refractivity contribution in [2.75, 3.05) is 10.6 Å². The molecule has 0 bridgehead atoms. The van der Waals surface area contributed by atoms with E-state index in [1.54, 1.807) is 0 Å². The first-order valence-corrected chi connectivity index (χ1v) is 8.99. The molecule has 1 aromatic heterocycles. The van der Waals surface area contributed by atoms with E-state index in [0.29, 0.717) is 12.2 Å². The van der Waals surface area contributed by atoms with E-state index in [4.69, 9.17) is 11.6 Å². The van der Waals surface area contributed by atoms with Crippen molar-refractivity contribution in [3.8, 4) is 0 Å². The molecule has 1 aromatic carbocycles. The number of nitrogens with zero attached hydrogens (tertiary/aromatic N) is 3. The van der Waals surface area contributed by atoms with Crippen molar-refractivity contribution in [1.29, 1.82) is 0 Å². The van der Waals surface area contributed by atoms with Crippen LogP contribution in [0.2, 0.25) is 5.02 Å². The molecule has 3 rings (SSSR count). The van der Waals surface area contributed by atoms with Crippen LogP contribution in [0.3, 0.4) is 0 Å². The number of aryl methyl sites for hydroxylation is 1. The summed E-state index contributed by atoms with van der Waals surface area (Å²) in [6.07, 6.45) is -2.49. The van der Waals surface area contributed by atoms with E-state index < -0.39 is 34.6 Å². The van der Waals surface area contributed by atoms with Crippen LogP contribution in [0, 0.1) is 0 Å². The first-order chi connectivity index (χ1) is 13.2. The molecule has 1 aliphatic rings. The number of nitrogens with one attached hydrogen (secondary N) is 2. The first kappa shape index (κ1) is 20.1. The smallest absolute Gasteiger partial charge is 0.324 e. The van der Waals surface area contributed by atoms with Crippen LogP contribution >= 0.6 is 11.6 Å². The summed E-state index contributed by atoms with van der Waals surface area (Å²) in [4.78, 5) is 28.8. The van der Waals surface area contributed by atoms with Gasteiger partial charge >= 0.3 is 6.18 Å². The van der Waals surface area contributed by atoms with Crippen LogP contribution in [-0.4, -0.2) is 26.6 Å². The Morgan fingerprint density at radius 2 is 2.18 bits per heavy atom. The van der Waals surface area contributed by atoms with Crippen LogP contribution in [0.4, 0.5) is 24.8 Å². The number of carbonyl (C=O) groups excluding carboxylic acids is 2. The summed E-state index contributed by atoms with van der Waals surface area (Å²) in [6.45, 7) is 2.01. The molecule has 2 heterocycles. The van der Waals surface area contributed by atoms with E-state index in [0.717, 1.165) is 25.0 Å². The number of anilines is 2. The lowest BCUT2D eigenvalue weighted by Gasteiger charge is -2.22. The van der Waals surface area contributed by atoms with Crippen LogP contribution in [-0.2, 0) is 22.2 Å². The Balaban J connectivity index is 1.84. The fraction of sp³-hybridized carbons (Fsp3) is 0.412. The topological polar surface area (TPSA) is 88.9 Å².